The molecule has 1 unspecified atom stereocenters. The van der Waals surface area contributed by atoms with Crippen LogP contribution in [-0.2, 0) is 4.79 Å². The van der Waals surface area contributed by atoms with Crippen LogP contribution in [0.4, 0.5) is 17.6 Å². The van der Waals surface area contributed by atoms with E-state index in [0.717, 1.165) is 48.7 Å². The van der Waals surface area contributed by atoms with Gasteiger partial charge >= 0.3 is 0 Å². The van der Waals surface area contributed by atoms with Crippen LogP contribution in [0.5, 0.6) is 0 Å². The van der Waals surface area contributed by atoms with Gasteiger partial charge in [0.05, 0.1) is 12.0 Å². The summed E-state index contributed by atoms with van der Waals surface area (Å²) in [5, 5.41) is 11.8. The highest BCUT2D eigenvalue weighted by Gasteiger charge is 2.33. The molecule has 1 aromatic heterocycles. The van der Waals surface area contributed by atoms with Gasteiger partial charge in [-0.2, -0.15) is 0 Å². The van der Waals surface area contributed by atoms with E-state index in [1.54, 1.807) is 0 Å². The topological polar surface area (TPSA) is 88.4 Å². The Morgan fingerprint density at radius 3 is 2.24 bits per heavy atom. The SMILES string of the molecule is CC(C)(CO)C(=O)NC(C(=O)c1ccc(=O)n(-c2c(F)cccc2F)c1)c1ccc(F)cc1F. The Balaban J connectivity index is 2.13. The van der Waals surface area contributed by atoms with Gasteiger partial charge in [-0.15, -0.1) is 0 Å². The van der Waals surface area contributed by atoms with Gasteiger partial charge in [-0.1, -0.05) is 12.1 Å². The largest absolute Gasteiger partial charge is 0.395 e. The molecule has 3 rings (SSSR count). The Kier molecular flexibility index (Phi) is 7.01. The van der Waals surface area contributed by atoms with Gasteiger partial charge in [0.25, 0.3) is 5.56 Å². The Hall–Kier alpha value is -3.79. The molecule has 0 fully saturated rings. The van der Waals surface area contributed by atoms with E-state index >= 15 is 0 Å². The maximum atomic E-state index is 14.6. The molecule has 6 nitrogen and oxygen atoms in total. The lowest BCUT2D eigenvalue weighted by molar-refractivity contribution is -0.131. The highest BCUT2D eigenvalue weighted by molar-refractivity contribution is 6.02. The molecule has 34 heavy (non-hydrogen) atoms. The number of amides is 1. The summed E-state index contributed by atoms with van der Waals surface area (Å²) in [6, 6.07) is 5.56. The summed E-state index contributed by atoms with van der Waals surface area (Å²) >= 11 is 0. The van der Waals surface area contributed by atoms with Crippen LogP contribution in [0.3, 0.4) is 0 Å². The third kappa shape index (κ3) is 4.91. The lowest BCUT2D eigenvalue weighted by atomic mass is 9.91. The van der Waals surface area contributed by atoms with Gasteiger partial charge in [0.15, 0.2) is 5.78 Å². The molecule has 2 aromatic carbocycles. The quantitative estimate of drug-likeness (QED) is 0.404. The molecule has 2 N–H and O–H groups in total. The van der Waals surface area contributed by atoms with Gasteiger partial charge in [-0.25, -0.2) is 17.6 Å². The van der Waals surface area contributed by atoms with Crippen molar-refractivity contribution < 1.29 is 32.3 Å². The van der Waals surface area contributed by atoms with E-state index in [4.69, 9.17) is 0 Å². The highest BCUT2D eigenvalue weighted by atomic mass is 19.1. The van der Waals surface area contributed by atoms with Gasteiger partial charge in [0.1, 0.15) is 35.0 Å². The van der Waals surface area contributed by atoms with Crippen molar-refractivity contribution in [1.82, 2.24) is 9.88 Å². The van der Waals surface area contributed by atoms with E-state index < -0.39 is 64.3 Å². The van der Waals surface area contributed by atoms with Crippen molar-refractivity contribution in [2.45, 2.75) is 19.9 Å². The summed E-state index contributed by atoms with van der Waals surface area (Å²) in [6.45, 7) is 2.17. The van der Waals surface area contributed by atoms with Gasteiger partial charge in [0, 0.05) is 29.5 Å². The summed E-state index contributed by atoms with van der Waals surface area (Å²) in [7, 11) is 0. The molecule has 0 saturated carbocycles. The first-order valence-electron chi connectivity index (χ1n) is 10.0. The Morgan fingerprint density at radius 1 is 1.00 bits per heavy atom. The monoisotopic (exact) mass is 476 g/mol. The van der Waals surface area contributed by atoms with Crippen molar-refractivity contribution in [2.75, 3.05) is 6.61 Å². The number of rotatable bonds is 7. The number of hydrogen-bond donors (Lipinski definition) is 2. The van der Waals surface area contributed by atoms with Gasteiger partial charge in [-0.3, -0.25) is 19.0 Å². The molecule has 10 heteroatoms. The smallest absolute Gasteiger partial charge is 0.255 e. The molecule has 0 bridgehead atoms. The number of ketones is 1. The maximum Gasteiger partial charge on any atom is 0.255 e. The zero-order chi connectivity index (χ0) is 25.2. The molecule has 0 saturated heterocycles. The first-order valence-corrected chi connectivity index (χ1v) is 10.0. The average molecular weight is 476 g/mol. The number of aromatic nitrogens is 1. The van der Waals surface area contributed by atoms with E-state index in [1.807, 2.05) is 0 Å². The van der Waals surface area contributed by atoms with Crippen LogP contribution in [0.2, 0.25) is 0 Å². The van der Waals surface area contributed by atoms with Gasteiger partial charge < -0.3 is 10.4 Å². The number of halogens is 4. The number of Topliss-reactive ketones (excluding diaryl/α,β-unsaturated/α-hetero) is 1. The normalized spacial score (nSPS) is 12.3. The summed E-state index contributed by atoms with van der Waals surface area (Å²) in [5.74, 6) is -5.94. The van der Waals surface area contributed by atoms with E-state index in [1.165, 1.54) is 13.8 Å². The number of hydrogen-bond acceptors (Lipinski definition) is 4. The van der Waals surface area contributed by atoms with Crippen LogP contribution in [-0.4, -0.2) is 28.0 Å². The average Bonchev–Trinajstić information content (AvgIpc) is 2.78. The van der Waals surface area contributed by atoms with Crippen LogP contribution in [0, 0.1) is 28.7 Å². The van der Waals surface area contributed by atoms with Crippen LogP contribution in [0.15, 0.2) is 59.5 Å². The number of nitrogens with zero attached hydrogens (tertiary/aromatic N) is 1. The number of benzene rings is 2. The minimum absolute atomic E-state index is 0.293. The standard InChI is InChI=1S/C24H20F4N2O4/c1-24(2,12-31)23(34)29-20(15-8-7-14(25)10-18(15)28)22(33)13-6-9-19(32)30(11-13)21-16(26)4-3-5-17(21)27/h3-11,20,31H,12H2,1-2H3,(H,29,34). The van der Waals surface area contributed by atoms with Crippen LogP contribution in [0.25, 0.3) is 5.69 Å². The third-order valence-corrected chi connectivity index (χ3v) is 5.20. The lowest BCUT2D eigenvalue weighted by Gasteiger charge is -2.26. The third-order valence-electron chi connectivity index (χ3n) is 5.20. The number of carbonyl (C=O) groups excluding carboxylic acids is 2. The molecular weight excluding hydrogens is 456 g/mol. The van der Waals surface area contributed by atoms with E-state index in [9.17, 15) is 37.1 Å². The van der Waals surface area contributed by atoms with Crippen molar-refractivity contribution in [2.24, 2.45) is 5.41 Å². The van der Waals surface area contributed by atoms with Crippen LogP contribution < -0.4 is 10.9 Å². The van der Waals surface area contributed by atoms with Gasteiger partial charge in [0.2, 0.25) is 5.91 Å². The molecule has 178 valence electrons. The Labute approximate surface area is 191 Å². The molecular formula is C24H20F4N2O4. The second-order valence-electron chi connectivity index (χ2n) is 8.17. The molecule has 0 aliphatic rings. The Morgan fingerprint density at radius 2 is 1.65 bits per heavy atom. The fraction of sp³-hybridized carbons (Fsp3) is 0.208. The second-order valence-corrected chi connectivity index (χ2v) is 8.17. The minimum atomic E-state index is -1.70. The zero-order valence-corrected chi connectivity index (χ0v) is 18.1. The lowest BCUT2D eigenvalue weighted by Crippen LogP contribution is -2.44. The molecule has 0 aliphatic carbocycles. The Bertz CT molecular complexity index is 1300. The maximum absolute atomic E-state index is 14.6. The summed E-state index contributed by atoms with van der Waals surface area (Å²) in [5.41, 5.74) is -3.61. The van der Waals surface area contributed by atoms with Crippen LogP contribution >= 0.6 is 0 Å². The van der Waals surface area contributed by atoms with Crippen molar-refractivity contribution in [3.8, 4) is 5.69 Å². The van der Waals surface area contributed by atoms with Crippen molar-refractivity contribution in [3.63, 3.8) is 0 Å². The number of pyridine rings is 1. The number of aliphatic hydroxyl groups is 1. The van der Waals surface area contributed by atoms with E-state index in [2.05, 4.69) is 5.32 Å². The van der Waals surface area contributed by atoms with Crippen molar-refractivity contribution >= 4 is 11.7 Å². The molecule has 3 aromatic rings. The molecule has 1 amide bonds. The molecule has 1 atom stereocenters. The number of aliphatic hydroxyl groups excluding tert-OH is 1. The first-order chi connectivity index (χ1) is 16.0. The fourth-order valence-corrected chi connectivity index (χ4v) is 3.11. The summed E-state index contributed by atoms with van der Waals surface area (Å²) < 4.78 is 57.1. The summed E-state index contributed by atoms with van der Waals surface area (Å²) in [6.07, 6.45) is 0.865. The van der Waals surface area contributed by atoms with Gasteiger partial charge in [-0.05, 0) is 38.1 Å². The zero-order valence-electron chi connectivity index (χ0n) is 18.1. The molecule has 0 radical (unpaired) electrons. The fourth-order valence-electron chi connectivity index (χ4n) is 3.11. The predicted molar refractivity (Wildman–Crippen MR) is 114 cm³/mol. The predicted octanol–water partition coefficient (Wildman–Crippen LogP) is 3.45. The van der Waals surface area contributed by atoms with E-state index in [-0.39, 0.29) is 11.1 Å². The van der Waals surface area contributed by atoms with Crippen molar-refractivity contribution in [1.29, 1.82) is 0 Å². The molecule has 1 heterocycles. The molecule has 0 aliphatic heterocycles. The second kappa shape index (κ2) is 9.60. The highest BCUT2D eigenvalue weighted by Crippen LogP contribution is 2.25. The first kappa shape index (κ1) is 24.8. The minimum Gasteiger partial charge on any atom is -0.395 e. The van der Waals surface area contributed by atoms with Crippen molar-refractivity contribution in [3.05, 3.63) is 99.5 Å². The summed E-state index contributed by atoms with van der Waals surface area (Å²) in [4.78, 5) is 38.3. The number of para-hydroxylation sites is 1. The number of carbonyl (C=O) groups is 2. The molecule has 0 spiro atoms. The van der Waals surface area contributed by atoms with Crippen LogP contribution in [0.1, 0.15) is 35.8 Å². The number of nitrogens with one attached hydrogen (secondary N) is 1. The van der Waals surface area contributed by atoms with E-state index in [0.29, 0.717) is 10.6 Å².